The Hall–Kier alpha value is -3.99. The van der Waals surface area contributed by atoms with Gasteiger partial charge in [-0.3, -0.25) is 4.79 Å². The van der Waals surface area contributed by atoms with Gasteiger partial charge in [-0.1, -0.05) is 73.3 Å². The number of nitrogens with one attached hydrogen (secondary N) is 1. The Kier molecular flexibility index (Phi) is 7.92. The van der Waals surface area contributed by atoms with Gasteiger partial charge in [-0.2, -0.15) is 0 Å². The fourth-order valence-corrected chi connectivity index (χ4v) is 3.76. The third-order valence-electron chi connectivity index (χ3n) is 5.44. The average molecular weight is 441 g/mol. The van der Waals surface area contributed by atoms with E-state index in [1.165, 1.54) is 7.11 Å². The van der Waals surface area contributed by atoms with E-state index in [1.54, 1.807) is 12.2 Å². The maximum Gasteiger partial charge on any atom is 0.333 e. The molecule has 168 valence electrons. The molecule has 3 rings (SSSR count). The minimum Gasteiger partial charge on any atom is -0.467 e. The van der Waals surface area contributed by atoms with E-state index in [1.807, 2.05) is 67.6 Å². The lowest BCUT2D eigenvalue weighted by Crippen LogP contribution is -2.43. The van der Waals surface area contributed by atoms with Gasteiger partial charge in [-0.25, -0.2) is 9.78 Å². The van der Waals surface area contributed by atoms with E-state index in [4.69, 9.17) is 9.72 Å². The quantitative estimate of drug-likeness (QED) is 0.205. The smallest absolute Gasteiger partial charge is 0.333 e. The lowest BCUT2D eigenvalue weighted by molar-refractivity contribution is -0.141. The molecule has 5 heteroatoms. The molecule has 3 aromatic rings. The third-order valence-corrected chi connectivity index (χ3v) is 5.44. The number of hydrogen-bond acceptors (Lipinski definition) is 4. The molecule has 33 heavy (non-hydrogen) atoms. The van der Waals surface area contributed by atoms with Crippen molar-refractivity contribution in [2.45, 2.75) is 25.8 Å². The summed E-state index contributed by atoms with van der Waals surface area (Å²) in [7, 11) is 1.30. The van der Waals surface area contributed by atoms with Gasteiger partial charge in [0.15, 0.2) is 6.04 Å². The lowest BCUT2D eigenvalue weighted by atomic mass is 9.96. The number of rotatable bonds is 9. The number of nitrogens with zero attached hydrogens (tertiary/aromatic N) is 1. The lowest BCUT2D eigenvalue weighted by Gasteiger charge is -2.20. The number of carbonyl (C=O) groups is 2. The molecule has 0 aliphatic rings. The van der Waals surface area contributed by atoms with E-state index in [9.17, 15) is 9.59 Å². The first-order chi connectivity index (χ1) is 16.0. The van der Waals surface area contributed by atoms with Crippen LogP contribution in [0.15, 0.2) is 91.6 Å². The van der Waals surface area contributed by atoms with Crippen molar-refractivity contribution < 1.29 is 14.3 Å². The van der Waals surface area contributed by atoms with Crippen molar-refractivity contribution in [3.05, 3.63) is 103 Å². The molecule has 1 aromatic heterocycles. The molecule has 1 atom stereocenters. The van der Waals surface area contributed by atoms with E-state index >= 15 is 0 Å². The standard InChI is InChI=1S/C28H28N2O3/c1-5-7-9-14-20(6-2)26(28(32)33-4)30-27(31)24-19(3)25(21-15-10-8-11-16-21)29-23-18-13-12-17-22(23)24/h5-6,8,10-18,26H,1-2,7,9H2,3-4H3,(H,30,31)/b20-14+. The monoisotopic (exact) mass is 440 g/mol. The van der Waals surface area contributed by atoms with Gasteiger partial charge < -0.3 is 10.1 Å². The molecule has 5 nitrogen and oxygen atoms in total. The number of unbranched alkanes of at least 4 members (excludes halogenated alkanes) is 1. The number of methoxy groups -OCH3 is 1. The second-order valence-electron chi connectivity index (χ2n) is 7.55. The minimum atomic E-state index is -0.976. The zero-order valence-electron chi connectivity index (χ0n) is 19.0. The topological polar surface area (TPSA) is 68.3 Å². The van der Waals surface area contributed by atoms with E-state index in [0.29, 0.717) is 28.5 Å². The van der Waals surface area contributed by atoms with Crippen LogP contribution >= 0.6 is 0 Å². The molecule has 0 fully saturated rings. The number of hydrogen-bond donors (Lipinski definition) is 1. The predicted octanol–water partition coefficient (Wildman–Crippen LogP) is 5.56. The molecule has 0 aliphatic carbocycles. The molecule has 1 N–H and O–H groups in total. The highest BCUT2D eigenvalue weighted by Gasteiger charge is 2.27. The molecule has 1 amide bonds. The van der Waals surface area contributed by atoms with Crippen molar-refractivity contribution in [2.24, 2.45) is 0 Å². The van der Waals surface area contributed by atoms with Crippen LogP contribution in [0.4, 0.5) is 0 Å². The Morgan fingerprint density at radius 1 is 1.06 bits per heavy atom. The van der Waals surface area contributed by atoms with Crippen LogP contribution < -0.4 is 5.32 Å². The predicted molar refractivity (Wildman–Crippen MR) is 133 cm³/mol. The molecule has 0 bridgehead atoms. The van der Waals surface area contributed by atoms with Crippen LogP contribution in [0.25, 0.3) is 22.2 Å². The second-order valence-corrected chi connectivity index (χ2v) is 7.55. The Balaban J connectivity index is 2.10. The number of allylic oxidation sites excluding steroid dienone is 2. The number of amides is 1. The third kappa shape index (κ3) is 5.26. The van der Waals surface area contributed by atoms with E-state index in [2.05, 4.69) is 18.5 Å². The summed E-state index contributed by atoms with van der Waals surface area (Å²) < 4.78 is 4.97. The number of para-hydroxylation sites is 1. The molecule has 0 aliphatic heterocycles. The first kappa shape index (κ1) is 23.7. The Bertz CT molecular complexity index is 1210. The van der Waals surface area contributed by atoms with Crippen LogP contribution in [0.2, 0.25) is 0 Å². The van der Waals surface area contributed by atoms with Gasteiger partial charge in [0.2, 0.25) is 0 Å². The summed E-state index contributed by atoms with van der Waals surface area (Å²) in [4.78, 5) is 31.0. The summed E-state index contributed by atoms with van der Waals surface area (Å²) in [6, 6.07) is 16.2. The summed E-state index contributed by atoms with van der Waals surface area (Å²) in [6.45, 7) is 9.41. The summed E-state index contributed by atoms with van der Waals surface area (Å²) in [5, 5.41) is 3.58. The van der Waals surface area contributed by atoms with Crippen molar-refractivity contribution in [1.29, 1.82) is 0 Å². The highest BCUT2D eigenvalue weighted by Crippen LogP contribution is 2.29. The number of pyridine rings is 1. The molecule has 1 unspecified atom stereocenters. The first-order valence-electron chi connectivity index (χ1n) is 10.8. The molecular weight excluding hydrogens is 412 g/mol. The molecular formula is C28H28N2O3. The van der Waals surface area contributed by atoms with E-state index in [0.717, 1.165) is 23.2 Å². The summed E-state index contributed by atoms with van der Waals surface area (Å²) >= 11 is 0. The molecule has 0 spiro atoms. The normalized spacial score (nSPS) is 12.1. The maximum atomic E-state index is 13.6. The van der Waals surface area contributed by atoms with Crippen LogP contribution in [0.5, 0.6) is 0 Å². The van der Waals surface area contributed by atoms with Crippen molar-refractivity contribution >= 4 is 22.8 Å². The number of fused-ring (bicyclic) bond motifs is 1. The largest absolute Gasteiger partial charge is 0.467 e. The number of aromatic nitrogens is 1. The summed E-state index contributed by atoms with van der Waals surface area (Å²) in [5.74, 6) is -0.942. The van der Waals surface area contributed by atoms with E-state index < -0.39 is 12.0 Å². The zero-order chi connectivity index (χ0) is 23.8. The van der Waals surface area contributed by atoms with Gasteiger partial charge in [0.25, 0.3) is 5.91 Å². The van der Waals surface area contributed by atoms with Crippen molar-refractivity contribution in [2.75, 3.05) is 7.11 Å². The van der Waals surface area contributed by atoms with Gasteiger partial charge >= 0.3 is 5.97 Å². The van der Waals surface area contributed by atoms with Gasteiger partial charge in [0.05, 0.1) is 23.9 Å². The number of ether oxygens (including phenoxy) is 1. The molecule has 0 saturated heterocycles. The van der Waals surface area contributed by atoms with Gasteiger partial charge in [0, 0.05) is 10.9 Å². The highest BCUT2D eigenvalue weighted by molar-refractivity contribution is 6.10. The van der Waals surface area contributed by atoms with Crippen LogP contribution in [0.3, 0.4) is 0 Å². The molecule has 1 heterocycles. The van der Waals surface area contributed by atoms with Crippen molar-refractivity contribution in [3.8, 4) is 11.3 Å². The number of esters is 1. The van der Waals surface area contributed by atoms with Crippen LogP contribution in [0, 0.1) is 6.92 Å². The number of carbonyl (C=O) groups excluding carboxylic acids is 2. The molecule has 0 saturated carbocycles. The van der Waals surface area contributed by atoms with Crippen LogP contribution in [0.1, 0.15) is 28.8 Å². The Labute approximate surface area is 194 Å². The first-order valence-corrected chi connectivity index (χ1v) is 10.8. The van der Waals surface area contributed by atoms with Gasteiger partial charge in [0.1, 0.15) is 0 Å². The summed E-state index contributed by atoms with van der Waals surface area (Å²) in [5.41, 5.74) is 4.12. The Morgan fingerprint density at radius 2 is 1.76 bits per heavy atom. The van der Waals surface area contributed by atoms with Crippen molar-refractivity contribution in [1.82, 2.24) is 10.3 Å². The fraction of sp³-hybridized carbons (Fsp3) is 0.179. The van der Waals surface area contributed by atoms with Gasteiger partial charge in [-0.05, 0) is 37.0 Å². The number of benzene rings is 2. The molecule has 0 radical (unpaired) electrons. The SMILES string of the molecule is C=CCC/C=C(\C=C)C(NC(=O)c1c(C)c(-c2ccccc2)nc2ccccc12)C(=O)OC. The Morgan fingerprint density at radius 3 is 2.42 bits per heavy atom. The van der Waals surface area contributed by atoms with E-state index in [-0.39, 0.29) is 5.91 Å². The fourth-order valence-electron chi connectivity index (χ4n) is 3.76. The maximum absolute atomic E-state index is 13.6. The molecule has 2 aromatic carbocycles. The van der Waals surface area contributed by atoms with Gasteiger partial charge in [-0.15, -0.1) is 6.58 Å². The second kappa shape index (κ2) is 11.0. The summed E-state index contributed by atoms with van der Waals surface area (Å²) in [6.07, 6.45) is 6.64. The zero-order valence-corrected chi connectivity index (χ0v) is 19.0. The van der Waals surface area contributed by atoms with Crippen LogP contribution in [-0.4, -0.2) is 30.0 Å². The van der Waals surface area contributed by atoms with Crippen LogP contribution in [-0.2, 0) is 9.53 Å². The average Bonchev–Trinajstić information content (AvgIpc) is 2.85. The minimum absolute atomic E-state index is 0.379. The van der Waals surface area contributed by atoms with Crippen molar-refractivity contribution in [3.63, 3.8) is 0 Å². The highest BCUT2D eigenvalue weighted by atomic mass is 16.5.